The Balaban J connectivity index is 1.34. The van der Waals surface area contributed by atoms with Crippen molar-refractivity contribution < 1.29 is 9.15 Å². The molecule has 2 fully saturated rings. The number of fused-ring (bicyclic) bond motifs is 2. The molecule has 0 bridgehead atoms. The number of hydrogen-bond acceptors (Lipinski definition) is 4. The largest absolute Gasteiger partial charge is 0.468 e. The van der Waals surface area contributed by atoms with Crippen LogP contribution >= 0.6 is 0 Å². The number of nitrogens with zero attached hydrogens (tertiary/aromatic N) is 2. The lowest BCUT2D eigenvalue weighted by atomic mass is 9.73. The van der Waals surface area contributed by atoms with Crippen molar-refractivity contribution in [3.05, 3.63) is 59.5 Å². The molecule has 5 rings (SSSR count). The van der Waals surface area contributed by atoms with Gasteiger partial charge < -0.3 is 9.15 Å². The van der Waals surface area contributed by atoms with Crippen LogP contribution in [0.15, 0.2) is 47.1 Å². The number of benzene rings is 1. The molecule has 0 saturated carbocycles. The van der Waals surface area contributed by atoms with E-state index in [1.54, 1.807) is 17.4 Å². The summed E-state index contributed by atoms with van der Waals surface area (Å²) >= 11 is 0. The zero-order valence-electron chi connectivity index (χ0n) is 15.4. The summed E-state index contributed by atoms with van der Waals surface area (Å²) in [5.41, 5.74) is 3.56. The molecule has 0 radical (unpaired) electrons. The van der Waals surface area contributed by atoms with Crippen LogP contribution in [0.25, 0.3) is 0 Å². The number of rotatable bonds is 3. The second kappa shape index (κ2) is 6.84. The van der Waals surface area contributed by atoms with E-state index in [1.807, 2.05) is 6.07 Å². The van der Waals surface area contributed by atoms with Crippen LogP contribution in [0.5, 0.6) is 0 Å². The van der Waals surface area contributed by atoms with Gasteiger partial charge in [0.05, 0.1) is 26.0 Å². The Bertz CT molecular complexity index is 728. The molecule has 2 aliphatic heterocycles. The Labute approximate surface area is 155 Å². The van der Waals surface area contributed by atoms with Crippen molar-refractivity contribution in [3.63, 3.8) is 0 Å². The average molecular weight is 352 g/mol. The third-order valence-electron chi connectivity index (χ3n) is 6.73. The zero-order valence-corrected chi connectivity index (χ0v) is 15.4. The Morgan fingerprint density at radius 1 is 0.962 bits per heavy atom. The summed E-state index contributed by atoms with van der Waals surface area (Å²) in [4.78, 5) is 5.21. The molecule has 1 spiro atoms. The van der Waals surface area contributed by atoms with Gasteiger partial charge >= 0.3 is 0 Å². The summed E-state index contributed by atoms with van der Waals surface area (Å²) in [6.07, 6.45) is 5.57. The van der Waals surface area contributed by atoms with Crippen molar-refractivity contribution in [2.24, 2.45) is 0 Å². The van der Waals surface area contributed by atoms with Gasteiger partial charge in [0.2, 0.25) is 0 Å². The monoisotopic (exact) mass is 352 g/mol. The molecule has 1 aliphatic carbocycles. The number of piperidine rings is 1. The van der Waals surface area contributed by atoms with Crippen molar-refractivity contribution in [3.8, 4) is 0 Å². The maximum atomic E-state index is 5.59. The first-order chi connectivity index (χ1) is 12.8. The fraction of sp³-hybridized carbons (Fsp3) is 0.545. The maximum absolute atomic E-state index is 5.59. The molecule has 2 saturated heterocycles. The first-order valence-corrected chi connectivity index (χ1v) is 10.0. The average Bonchev–Trinajstić information content (AvgIpc) is 3.32. The van der Waals surface area contributed by atoms with Crippen LogP contribution in [0.1, 0.15) is 42.2 Å². The molecule has 1 unspecified atom stereocenters. The molecule has 0 amide bonds. The number of furan rings is 1. The molecular formula is C22H28N2O2. The van der Waals surface area contributed by atoms with Gasteiger partial charge in [0.15, 0.2) is 0 Å². The number of likely N-dealkylation sites (tertiary alicyclic amines) is 1. The van der Waals surface area contributed by atoms with Crippen molar-refractivity contribution in [1.82, 2.24) is 9.80 Å². The Morgan fingerprint density at radius 3 is 2.54 bits per heavy atom. The number of ether oxygens (including phenoxy) is 1. The SMILES string of the molecule is c1coc(CN2CCC3(CC2)CC(N2CCOCC2)c2ccccc23)c1. The maximum Gasteiger partial charge on any atom is 0.117 e. The van der Waals surface area contributed by atoms with Crippen LogP contribution in [-0.2, 0) is 16.7 Å². The fourth-order valence-electron chi connectivity index (χ4n) is 5.31. The molecule has 2 aromatic rings. The molecule has 3 aliphatic rings. The first-order valence-electron chi connectivity index (χ1n) is 10.0. The van der Waals surface area contributed by atoms with Crippen molar-refractivity contribution in [1.29, 1.82) is 0 Å². The van der Waals surface area contributed by atoms with Crippen LogP contribution in [-0.4, -0.2) is 49.2 Å². The zero-order chi connectivity index (χ0) is 17.4. The van der Waals surface area contributed by atoms with E-state index in [1.165, 1.54) is 19.3 Å². The quantitative estimate of drug-likeness (QED) is 0.844. The molecule has 26 heavy (non-hydrogen) atoms. The van der Waals surface area contributed by atoms with Crippen molar-refractivity contribution >= 4 is 0 Å². The van der Waals surface area contributed by atoms with Gasteiger partial charge in [-0.05, 0) is 61.0 Å². The Hall–Kier alpha value is -1.62. The lowest BCUT2D eigenvalue weighted by Gasteiger charge is -2.41. The summed E-state index contributed by atoms with van der Waals surface area (Å²) in [5.74, 6) is 1.08. The van der Waals surface area contributed by atoms with Gasteiger partial charge in [0, 0.05) is 19.1 Å². The lowest BCUT2D eigenvalue weighted by molar-refractivity contribution is 0.0102. The van der Waals surface area contributed by atoms with E-state index < -0.39 is 0 Å². The van der Waals surface area contributed by atoms with Gasteiger partial charge in [-0.2, -0.15) is 0 Å². The lowest BCUT2D eigenvalue weighted by Crippen LogP contribution is -2.43. The predicted molar refractivity (Wildman–Crippen MR) is 101 cm³/mol. The topological polar surface area (TPSA) is 28.9 Å². The predicted octanol–water partition coefficient (Wildman–Crippen LogP) is 3.59. The summed E-state index contributed by atoms with van der Waals surface area (Å²) in [6, 6.07) is 13.9. The summed E-state index contributed by atoms with van der Waals surface area (Å²) in [7, 11) is 0. The van der Waals surface area contributed by atoms with Gasteiger partial charge in [0.25, 0.3) is 0 Å². The van der Waals surface area contributed by atoms with E-state index >= 15 is 0 Å². The summed E-state index contributed by atoms with van der Waals surface area (Å²) in [6.45, 7) is 7.15. The van der Waals surface area contributed by atoms with Gasteiger partial charge in [-0.25, -0.2) is 0 Å². The second-order valence-corrected chi connectivity index (χ2v) is 8.09. The highest BCUT2D eigenvalue weighted by atomic mass is 16.5. The molecule has 1 aromatic heterocycles. The Morgan fingerprint density at radius 2 is 1.77 bits per heavy atom. The number of morpholine rings is 1. The molecule has 1 aromatic carbocycles. The highest BCUT2D eigenvalue weighted by molar-refractivity contribution is 5.43. The molecule has 3 heterocycles. The fourth-order valence-corrected chi connectivity index (χ4v) is 5.31. The van der Waals surface area contributed by atoms with Gasteiger partial charge in [0.1, 0.15) is 5.76 Å². The highest BCUT2D eigenvalue weighted by Crippen LogP contribution is 2.52. The minimum Gasteiger partial charge on any atom is -0.468 e. The third-order valence-corrected chi connectivity index (χ3v) is 6.73. The van der Waals surface area contributed by atoms with Crippen molar-refractivity contribution in [2.75, 3.05) is 39.4 Å². The van der Waals surface area contributed by atoms with E-state index in [2.05, 4.69) is 40.1 Å². The second-order valence-electron chi connectivity index (χ2n) is 8.09. The number of hydrogen-bond donors (Lipinski definition) is 0. The van der Waals surface area contributed by atoms with E-state index in [4.69, 9.17) is 9.15 Å². The third kappa shape index (κ3) is 2.90. The van der Waals surface area contributed by atoms with Crippen LogP contribution in [0.2, 0.25) is 0 Å². The highest BCUT2D eigenvalue weighted by Gasteiger charge is 2.46. The van der Waals surface area contributed by atoms with Crippen LogP contribution in [0, 0.1) is 0 Å². The Kier molecular flexibility index (Phi) is 4.35. The minimum absolute atomic E-state index is 0.360. The van der Waals surface area contributed by atoms with Gasteiger partial charge in [-0.3, -0.25) is 9.80 Å². The van der Waals surface area contributed by atoms with Crippen LogP contribution < -0.4 is 0 Å². The van der Waals surface area contributed by atoms with E-state index in [0.29, 0.717) is 11.5 Å². The molecule has 1 atom stereocenters. The molecular weight excluding hydrogens is 324 g/mol. The van der Waals surface area contributed by atoms with Gasteiger partial charge in [-0.15, -0.1) is 0 Å². The molecule has 0 N–H and O–H groups in total. The smallest absolute Gasteiger partial charge is 0.117 e. The molecule has 4 nitrogen and oxygen atoms in total. The standard InChI is InChI=1S/C22H28N2O2/c1-2-6-20-19(5-1)21(24-11-14-25-15-12-24)16-22(20)7-9-23(10-8-22)17-18-4-3-13-26-18/h1-6,13,21H,7-12,14-17H2. The summed E-state index contributed by atoms with van der Waals surface area (Å²) < 4.78 is 11.1. The minimum atomic E-state index is 0.360. The van der Waals surface area contributed by atoms with Gasteiger partial charge in [-0.1, -0.05) is 24.3 Å². The molecule has 138 valence electrons. The van der Waals surface area contributed by atoms with E-state index in [9.17, 15) is 0 Å². The van der Waals surface area contributed by atoms with Crippen LogP contribution in [0.4, 0.5) is 0 Å². The normalized spacial score (nSPS) is 26.2. The first kappa shape index (κ1) is 16.5. The van der Waals surface area contributed by atoms with Crippen molar-refractivity contribution in [2.45, 2.75) is 37.3 Å². The van der Waals surface area contributed by atoms with E-state index in [0.717, 1.165) is 51.7 Å². The molecule has 4 heteroatoms. The summed E-state index contributed by atoms with van der Waals surface area (Å²) in [5, 5.41) is 0. The van der Waals surface area contributed by atoms with Crippen LogP contribution in [0.3, 0.4) is 0 Å². The van der Waals surface area contributed by atoms with E-state index in [-0.39, 0.29) is 0 Å².